The number of benzene rings is 2. The highest BCUT2D eigenvalue weighted by atomic mass is 32.2. The minimum atomic E-state index is -1.31. The molecule has 0 aromatic heterocycles. The summed E-state index contributed by atoms with van der Waals surface area (Å²) >= 11 is 0.903. The van der Waals surface area contributed by atoms with E-state index in [4.69, 9.17) is 18.9 Å². The molecule has 0 aliphatic carbocycles. The summed E-state index contributed by atoms with van der Waals surface area (Å²) in [5, 5.41) is 2.19. The second-order valence-corrected chi connectivity index (χ2v) is 9.49. The Kier molecular flexibility index (Phi) is 7.49. The molecule has 2 amide bonds. The number of carbonyl (C=O) groups is 5. The third-order valence-electron chi connectivity index (χ3n) is 4.22. The Bertz CT molecular complexity index is 1220. The average Bonchev–Trinajstić information content (AvgIpc) is 3.02. The molecule has 2 aromatic rings. The van der Waals surface area contributed by atoms with Crippen molar-refractivity contribution in [3.8, 4) is 17.2 Å². The molecule has 10 nitrogen and oxygen atoms in total. The van der Waals surface area contributed by atoms with Crippen molar-refractivity contribution in [2.75, 3.05) is 0 Å². The lowest BCUT2D eigenvalue weighted by molar-refractivity contribution is -0.159. The van der Waals surface area contributed by atoms with Gasteiger partial charge in [-0.2, -0.15) is 0 Å². The summed E-state index contributed by atoms with van der Waals surface area (Å²) < 4.78 is 21.6. The van der Waals surface area contributed by atoms with Crippen LogP contribution >= 0.6 is 11.8 Å². The molecule has 0 bridgehead atoms. The van der Waals surface area contributed by atoms with Crippen molar-refractivity contribution in [1.82, 2.24) is 5.32 Å². The lowest BCUT2D eigenvalue weighted by atomic mass is 10.1. The minimum Gasteiger partial charge on any atom is -0.467 e. The molecule has 1 atom stereocenters. The molecule has 2 aromatic carbocycles. The zero-order valence-electron chi connectivity index (χ0n) is 19.6. The largest absolute Gasteiger partial charge is 0.467 e. The van der Waals surface area contributed by atoms with Crippen LogP contribution in [0.25, 0.3) is 0 Å². The SMILES string of the molecule is CC(=O)Oc1ccc(SC(Oc2cccc3c2C(=O)NC3=O)C(=O)OC(C)(C)C)cc1OC(C)=O. The number of ether oxygens (including phenoxy) is 4. The number of hydrogen-bond acceptors (Lipinski definition) is 10. The Morgan fingerprint density at radius 1 is 0.886 bits per heavy atom. The third kappa shape index (κ3) is 6.60. The Morgan fingerprint density at radius 2 is 1.54 bits per heavy atom. The second kappa shape index (κ2) is 10.2. The van der Waals surface area contributed by atoms with E-state index in [0.29, 0.717) is 4.90 Å². The van der Waals surface area contributed by atoms with Crippen LogP contribution in [0.5, 0.6) is 17.2 Å². The van der Waals surface area contributed by atoms with Crippen molar-refractivity contribution in [2.45, 2.75) is 50.6 Å². The Labute approximate surface area is 205 Å². The fraction of sp³-hybridized carbons (Fsp3) is 0.292. The van der Waals surface area contributed by atoms with Gasteiger partial charge in [0, 0.05) is 18.7 Å². The van der Waals surface area contributed by atoms with Crippen molar-refractivity contribution in [3.05, 3.63) is 47.5 Å². The third-order valence-corrected chi connectivity index (χ3v) is 5.25. The number of rotatable bonds is 7. The zero-order chi connectivity index (χ0) is 25.9. The lowest BCUT2D eigenvalue weighted by Crippen LogP contribution is -2.33. The number of carbonyl (C=O) groups excluding carboxylic acids is 5. The van der Waals surface area contributed by atoms with Gasteiger partial charge in [-0.3, -0.25) is 24.5 Å². The number of thioether (sulfide) groups is 1. The first kappa shape index (κ1) is 25.8. The summed E-state index contributed by atoms with van der Waals surface area (Å²) in [6.07, 6.45) is 0. The molecular formula is C24H23NO9S. The predicted octanol–water partition coefficient (Wildman–Crippen LogP) is 3.26. The average molecular weight is 502 g/mol. The van der Waals surface area contributed by atoms with Gasteiger partial charge in [0.05, 0.1) is 11.1 Å². The molecule has 1 aliphatic heterocycles. The van der Waals surface area contributed by atoms with Crippen molar-refractivity contribution in [3.63, 3.8) is 0 Å². The first-order valence-corrected chi connectivity index (χ1v) is 11.3. The first-order chi connectivity index (χ1) is 16.3. The Balaban J connectivity index is 1.97. The number of hydrogen-bond donors (Lipinski definition) is 1. The van der Waals surface area contributed by atoms with E-state index in [9.17, 15) is 24.0 Å². The van der Waals surface area contributed by atoms with Crippen molar-refractivity contribution < 1.29 is 42.9 Å². The zero-order valence-corrected chi connectivity index (χ0v) is 20.4. The number of imide groups is 1. The molecule has 1 heterocycles. The summed E-state index contributed by atoms with van der Waals surface area (Å²) in [5.74, 6) is -3.21. The van der Waals surface area contributed by atoms with Crippen molar-refractivity contribution in [2.24, 2.45) is 0 Å². The van der Waals surface area contributed by atoms with Crippen LogP contribution in [0.1, 0.15) is 55.3 Å². The van der Waals surface area contributed by atoms with Crippen LogP contribution in [0.4, 0.5) is 0 Å². The maximum absolute atomic E-state index is 13.0. The second-order valence-electron chi connectivity index (χ2n) is 8.36. The monoisotopic (exact) mass is 501 g/mol. The lowest BCUT2D eigenvalue weighted by Gasteiger charge is -2.24. The molecule has 11 heteroatoms. The van der Waals surface area contributed by atoms with Crippen molar-refractivity contribution >= 4 is 41.5 Å². The molecule has 1 N–H and O–H groups in total. The number of nitrogens with one attached hydrogen (secondary N) is 1. The summed E-state index contributed by atoms with van der Waals surface area (Å²) in [4.78, 5) is 60.6. The van der Waals surface area contributed by atoms with Gasteiger partial charge in [-0.1, -0.05) is 17.8 Å². The molecule has 0 saturated carbocycles. The normalized spacial score (nSPS) is 13.4. The van der Waals surface area contributed by atoms with Gasteiger partial charge in [-0.05, 0) is 51.1 Å². The van der Waals surface area contributed by atoms with Crippen LogP contribution < -0.4 is 19.5 Å². The van der Waals surface area contributed by atoms with Gasteiger partial charge >= 0.3 is 17.9 Å². The van der Waals surface area contributed by atoms with Gasteiger partial charge in [0.25, 0.3) is 11.8 Å². The standard InChI is InChI=1S/C24H23NO9S/c1-12(26)31-16-10-9-14(11-18(16)32-13(2)27)35-23(22(30)34-24(3,4)5)33-17-8-6-7-15-19(17)21(29)25-20(15)28/h6-11,23H,1-5H3,(H,25,28,29). The molecule has 0 fully saturated rings. The van der Waals surface area contributed by atoms with Gasteiger partial charge < -0.3 is 18.9 Å². The van der Waals surface area contributed by atoms with E-state index in [1.807, 2.05) is 0 Å². The Morgan fingerprint density at radius 3 is 2.17 bits per heavy atom. The van der Waals surface area contributed by atoms with Gasteiger partial charge in [-0.25, -0.2) is 4.79 Å². The summed E-state index contributed by atoms with van der Waals surface area (Å²) in [7, 11) is 0. The highest BCUT2D eigenvalue weighted by Gasteiger charge is 2.34. The molecule has 35 heavy (non-hydrogen) atoms. The fourth-order valence-corrected chi connectivity index (χ4v) is 3.90. The van der Waals surface area contributed by atoms with E-state index >= 15 is 0 Å². The number of amides is 2. The number of esters is 3. The maximum Gasteiger partial charge on any atom is 0.359 e. The smallest absolute Gasteiger partial charge is 0.359 e. The molecule has 0 spiro atoms. The Hall–Kier alpha value is -3.86. The maximum atomic E-state index is 13.0. The van der Waals surface area contributed by atoms with E-state index in [1.165, 1.54) is 50.2 Å². The fourth-order valence-electron chi connectivity index (χ4n) is 3.03. The van der Waals surface area contributed by atoms with Crippen molar-refractivity contribution in [1.29, 1.82) is 0 Å². The van der Waals surface area contributed by atoms with E-state index in [1.54, 1.807) is 20.8 Å². The summed E-state index contributed by atoms with van der Waals surface area (Å²) in [5.41, 5.74) is -2.01. The molecule has 0 saturated heterocycles. The molecule has 184 valence electrons. The summed E-state index contributed by atoms with van der Waals surface area (Å²) in [6, 6.07) is 8.79. The quantitative estimate of drug-likeness (QED) is 0.198. The van der Waals surface area contributed by atoms with Crippen LogP contribution in [0, 0.1) is 0 Å². The van der Waals surface area contributed by atoms with Crippen LogP contribution in [0.2, 0.25) is 0 Å². The number of fused-ring (bicyclic) bond motifs is 1. The highest BCUT2D eigenvalue weighted by molar-refractivity contribution is 8.00. The highest BCUT2D eigenvalue weighted by Crippen LogP contribution is 2.37. The molecule has 1 aliphatic rings. The van der Waals surface area contributed by atoms with Crippen LogP contribution in [-0.2, 0) is 19.1 Å². The van der Waals surface area contributed by atoms with Gasteiger partial charge in [0.1, 0.15) is 11.4 Å². The van der Waals surface area contributed by atoms with Gasteiger partial charge in [0.15, 0.2) is 11.5 Å². The molecule has 1 unspecified atom stereocenters. The minimum absolute atomic E-state index is 0.0115. The molecular weight excluding hydrogens is 478 g/mol. The molecule has 0 radical (unpaired) electrons. The van der Waals surface area contributed by atoms with Crippen LogP contribution in [-0.4, -0.2) is 40.8 Å². The summed E-state index contributed by atoms with van der Waals surface area (Å²) in [6.45, 7) is 7.45. The predicted molar refractivity (Wildman–Crippen MR) is 123 cm³/mol. The topological polar surface area (TPSA) is 134 Å². The van der Waals surface area contributed by atoms with Gasteiger partial charge in [-0.15, -0.1) is 0 Å². The van der Waals surface area contributed by atoms with E-state index in [0.717, 1.165) is 11.8 Å². The van der Waals surface area contributed by atoms with Crippen LogP contribution in [0.3, 0.4) is 0 Å². The van der Waals surface area contributed by atoms with Gasteiger partial charge in [0.2, 0.25) is 5.44 Å². The van der Waals surface area contributed by atoms with Crippen LogP contribution in [0.15, 0.2) is 41.3 Å². The van der Waals surface area contributed by atoms with E-state index in [2.05, 4.69) is 5.32 Å². The van der Waals surface area contributed by atoms with E-state index in [-0.39, 0.29) is 28.4 Å². The first-order valence-electron chi connectivity index (χ1n) is 10.4. The van der Waals surface area contributed by atoms with E-state index < -0.39 is 40.8 Å². The molecule has 3 rings (SSSR count).